The molecule has 1 unspecified atom stereocenters. The van der Waals surface area contributed by atoms with Crippen molar-refractivity contribution in [1.82, 2.24) is 9.88 Å². The van der Waals surface area contributed by atoms with E-state index in [1.807, 2.05) is 0 Å². The van der Waals surface area contributed by atoms with Gasteiger partial charge in [-0.3, -0.25) is 4.90 Å². The maximum Gasteiger partial charge on any atom is 0.573 e. The summed E-state index contributed by atoms with van der Waals surface area (Å²) >= 11 is 3.33. The van der Waals surface area contributed by atoms with Gasteiger partial charge in [-0.2, -0.15) is 0 Å². The molecular weight excluding hydrogens is 473 g/mol. The maximum atomic E-state index is 12.8. The number of hydrogen-bond acceptors (Lipinski definition) is 4. The van der Waals surface area contributed by atoms with Gasteiger partial charge in [0.2, 0.25) is 0 Å². The fourth-order valence-corrected chi connectivity index (χ4v) is 4.20. The Hall–Kier alpha value is -2.43. The van der Waals surface area contributed by atoms with E-state index >= 15 is 0 Å². The van der Waals surface area contributed by atoms with Gasteiger partial charge in [-0.05, 0) is 51.5 Å². The number of aromatic amines is 1. The highest BCUT2D eigenvalue weighted by molar-refractivity contribution is 9.09. The van der Waals surface area contributed by atoms with Gasteiger partial charge >= 0.3 is 18.4 Å². The van der Waals surface area contributed by atoms with Gasteiger partial charge in [-0.1, -0.05) is 15.9 Å². The molecular formula is C19H22BrF3N2O5. The lowest BCUT2D eigenvalue weighted by molar-refractivity contribution is -0.274. The molecule has 0 aliphatic rings. The van der Waals surface area contributed by atoms with Crippen LogP contribution in [-0.2, 0) is 11.2 Å². The smallest absolute Gasteiger partial charge is 0.465 e. The number of nitrogens with zero attached hydrogens (tertiary/aromatic N) is 1. The largest absolute Gasteiger partial charge is 0.573 e. The van der Waals surface area contributed by atoms with Crippen LogP contribution in [0.1, 0.15) is 43.7 Å². The second-order valence-corrected chi connectivity index (χ2v) is 8.52. The number of nitrogens with one attached hydrogen (secondary N) is 1. The van der Waals surface area contributed by atoms with Crippen LogP contribution in [0, 0.1) is 0 Å². The predicted molar refractivity (Wildman–Crippen MR) is 107 cm³/mol. The van der Waals surface area contributed by atoms with Crippen LogP contribution in [-0.4, -0.2) is 50.5 Å². The number of esters is 1. The van der Waals surface area contributed by atoms with E-state index in [1.54, 1.807) is 27.7 Å². The normalized spacial score (nSPS) is 13.2. The standard InChI is InChI=1S/C19H22BrF3N2O5/c1-5-29-16(26)13-8-10-6-12(30-19(21,22)23)7-11(15(10)24-13)9-14(20)25(17(27)28)18(2,3)4/h6-8,14,24H,5,9H2,1-4H3,(H,27,28). The molecule has 0 saturated heterocycles. The minimum absolute atomic E-state index is 0.0118. The maximum absolute atomic E-state index is 12.8. The second kappa shape index (κ2) is 8.75. The van der Waals surface area contributed by atoms with Crippen LogP contribution in [0.25, 0.3) is 10.9 Å². The lowest BCUT2D eigenvalue weighted by Gasteiger charge is -2.37. The molecule has 2 N–H and O–H groups in total. The van der Waals surface area contributed by atoms with Crippen LogP contribution in [0.15, 0.2) is 18.2 Å². The minimum atomic E-state index is -4.91. The van der Waals surface area contributed by atoms with Crippen molar-refractivity contribution in [3.8, 4) is 5.75 Å². The van der Waals surface area contributed by atoms with Crippen LogP contribution in [0.2, 0.25) is 0 Å². The molecule has 0 fully saturated rings. The topological polar surface area (TPSA) is 91.9 Å². The number of benzene rings is 1. The first-order chi connectivity index (χ1) is 13.7. The molecule has 1 aromatic carbocycles. The number of ether oxygens (including phenoxy) is 2. The number of rotatable bonds is 6. The van der Waals surface area contributed by atoms with E-state index in [4.69, 9.17) is 4.74 Å². The summed E-state index contributed by atoms with van der Waals surface area (Å²) in [5.41, 5.74) is 0.00984. The number of aromatic nitrogens is 1. The molecule has 0 radical (unpaired) electrons. The highest BCUT2D eigenvalue weighted by atomic mass is 79.9. The number of fused-ring (bicyclic) bond motifs is 1. The molecule has 2 rings (SSSR count). The van der Waals surface area contributed by atoms with Crippen molar-refractivity contribution in [2.24, 2.45) is 0 Å². The molecule has 1 aromatic heterocycles. The summed E-state index contributed by atoms with van der Waals surface area (Å²) in [6.45, 7) is 6.85. The van der Waals surface area contributed by atoms with E-state index < -0.39 is 34.7 Å². The summed E-state index contributed by atoms with van der Waals surface area (Å²) < 4.78 is 47.3. The first-order valence-electron chi connectivity index (χ1n) is 8.97. The molecule has 30 heavy (non-hydrogen) atoms. The monoisotopic (exact) mass is 494 g/mol. The zero-order valence-corrected chi connectivity index (χ0v) is 18.3. The fraction of sp³-hybridized carbons (Fsp3) is 0.474. The van der Waals surface area contributed by atoms with E-state index in [1.165, 1.54) is 6.07 Å². The predicted octanol–water partition coefficient (Wildman–Crippen LogP) is 5.29. The van der Waals surface area contributed by atoms with E-state index in [9.17, 15) is 27.9 Å². The fourth-order valence-electron chi connectivity index (χ4n) is 3.06. The van der Waals surface area contributed by atoms with Crippen LogP contribution in [0.3, 0.4) is 0 Å². The van der Waals surface area contributed by atoms with Gasteiger partial charge in [0.25, 0.3) is 0 Å². The summed E-state index contributed by atoms with van der Waals surface area (Å²) in [6, 6.07) is 3.67. The molecule has 11 heteroatoms. The van der Waals surface area contributed by atoms with E-state index in [2.05, 4.69) is 25.7 Å². The zero-order chi connectivity index (χ0) is 22.9. The van der Waals surface area contributed by atoms with Gasteiger partial charge in [0.1, 0.15) is 11.4 Å². The van der Waals surface area contributed by atoms with Gasteiger partial charge in [-0.15, -0.1) is 13.2 Å². The summed E-state index contributed by atoms with van der Waals surface area (Å²) in [5, 5.41) is 9.87. The van der Waals surface area contributed by atoms with Gasteiger partial charge in [0.15, 0.2) is 0 Å². The Morgan fingerprint density at radius 3 is 2.37 bits per heavy atom. The Labute approximate surface area is 179 Å². The number of hydrogen-bond donors (Lipinski definition) is 2. The quantitative estimate of drug-likeness (QED) is 0.323. The molecule has 1 atom stereocenters. The Morgan fingerprint density at radius 2 is 1.87 bits per heavy atom. The number of carbonyl (C=O) groups is 2. The van der Waals surface area contributed by atoms with Gasteiger partial charge in [0.05, 0.1) is 11.6 Å². The number of halogens is 4. The molecule has 7 nitrogen and oxygen atoms in total. The van der Waals surface area contributed by atoms with E-state index in [-0.39, 0.29) is 18.7 Å². The molecule has 0 aliphatic carbocycles. The van der Waals surface area contributed by atoms with E-state index in [0.717, 1.165) is 17.0 Å². The Morgan fingerprint density at radius 1 is 1.23 bits per heavy atom. The molecule has 0 aliphatic heterocycles. The first-order valence-corrected chi connectivity index (χ1v) is 9.89. The molecule has 0 bridgehead atoms. The van der Waals surface area contributed by atoms with Crippen molar-refractivity contribution >= 4 is 38.9 Å². The van der Waals surface area contributed by atoms with Crippen molar-refractivity contribution in [2.75, 3.05) is 6.61 Å². The number of carboxylic acid groups (broad SMARTS) is 1. The van der Waals surface area contributed by atoms with Crippen LogP contribution < -0.4 is 4.74 Å². The van der Waals surface area contributed by atoms with Crippen LogP contribution >= 0.6 is 15.9 Å². The Balaban J connectivity index is 2.54. The zero-order valence-electron chi connectivity index (χ0n) is 16.8. The molecule has 1 heterocycles. The summed E-state index contributed by atoms with van der Waals surface area (Å²) in [6.07, 6.45) is -6.09. The van der Waals surface area contributed by atoms with Gasteiger partial charge in [0, 0.05) is 22.9 Å². The third-order valence-corrected chi connectivity index (χ3v) is 4.84. The van der Waals surface area contributed by atoms with Crippen molar-refractivity contribution in [3.05, 3.63) is 29.5 Å². The third kappa shape index (κ3) is 5.80. The number of amides is 1. The molecule has 2 aromatic rings. The average molecular weight is 495 g/mol. The van der Waals surface area contributed by atoms with Crippen LogP contribution in [0.5, 0.6) is 5.75 Å². The van der Waals surface area contributed by atoms with Crippen molar-refractivity contribution in [2.45, 2.75) is 51.0 Å². The summed E-state index contributed by atoms with van der Waals surface area (Å²) in [5.74, 6) is -1.13. The molecule has 0 spiro atoms. The van der Waals surface area contributed by atoms with Crippen molar-refractivity contribution in [1.29, 1.82) is 0 Å². The highest BCUT2D eigenvalue weighted by Crippen LogP contribution is 2.33. The lowest BCUT2D eigenvalue weighted by atomic mass is 10.0. The van der Waals surface area contributed by atoms with E-state index in [0.29, 0.717) is 16.5 Å². The molecule has 166 valence electrons. The summed E-state index contributed by atoms with van der Waals surface area (Å²) in [4.78, 5) is 27.0. The highest BCUT2D eigenvalue weighted by Gasteiger charge is 2.34. The average Bonchev–Trinajstić information content (AvgIpc) is 2.96. The van der Waals surface area contributed by atoms with Gasteiger partial charge < -0.3 is 19.6 Å². The Kier molecular flexibility index (Phi) is 6.95. The molecule has 0 saturated carbocycles. The second-order valence-electron chi connectivity index (χ2n) is 7.46. The number of carbonyl (C=O) groups excluding carboxylic acids is 1. The minimum Gasteiger partial charge on any atom is -0.465 e. The lowest BCUT2D eigenvalue weighted by Crippen LogP contribution is -2.49. The van der Waals surface area contributed by atoms with Crippen molar-refractivity contribution < 1.29 is 37.3 Å². The first kappa shape index (κ1) is 23.8. The third-order valence-electron chi connectivity index (χ3n) is 4.11. The number of alkyl halides is 4. The SMILES string of the molecule is CCOC(=O)c1cc2cc(OC(F)(F)F)cc(CC(Br)N(C(=O)O)C(C)(C)C)c2[nH]1. The molecule has 1 amide bonds. The summed E-state index contributed by atoms with van der Waals surface area (Å²) in [7, 11) is 0. The van der Waals surface area contributed by atoms with Crippen molar-refractivity contribution in [3.63, 3.8) is 0 Å². The van der Waals surface area contributed by atoms with Crippen LogP contribution in [0.4, 0.5) is 18.0 Å². The Bertz CT molecular complexity index is 937. The van der Waals surface area contributed by atoms with Gasteiger partial charge in [-0.25, -0.2) is 9.59 Å². The number of H-pyrrole nitrogens is 1.